The second-order valence-corrected chi connectivity index (χ2v) is 6.54. The minimum atomic E-state index is -0.525. The molecular weight excluding hydrogens is 307 g/mol. The Kier molecular flexibility index (Phi) is 7.10. The van der Waals surface area contributed by atoms with Gasteiger partial charge in [-0.2, -0.15) is 0 Å². The third kappa shape index (κ3) is 7.09. The zero-order valence-electron chi connectivity index (χ0n) is 13.5. The Morgan fingerprint density at radius 3 is 2.68 bits per heavy atom. The van der Waals surface area contributed by atoms with Gasteiger partial charge in [0, 0.05) is 29.7 Å². The second kappa shape index (κ2) is 8.34. The highest BCUT2D eigenvalue weighted by Crippen LogP contribution is 2.15. The van der Waals surface area contributed by atoms with E-state index in [4.69, 9.17) is 16.3 Å². The van der Waals surface area contributed by atoms with Crippen molar-refractivity contribution < 1.29 is 13.9 Å². The fraction of sp³-hybridized carbons (Fsp3) is 0.562. The number of hydrogen-bond acceptors (Lipinski definition) is 3. The van der Waals surface area contributed by atoms with Crippen LogP contribution >= 0.6 is 11.6 Å². The van der Waals surface area contributed by atoms with Gasteiger partial charge in [0.2, 0.25) is 0 Å². The van der Waals surface area contributed by atoms with E-state index in [1.165, 1.54) is 12.1 Å². The number of rotatable bonds is 6. The van der Waals surface area contributed by atoms with E-state index in [-0.39, 0.29) is 11.9 Å². The number of carbonyl (C=O) groups excluding carboxylic acids is 1. The van der Waals surface area contributed by atoms with Gasteiger partial charge in [0.15, 0.2) is 0 Å². The van der Waals surface area contributed by atoms with E-state index in [2.05, 4.69) is 10.6 Å². The predicted octanol–water partition coefficient (Wildman–Crippen LogP) is 3.87. The Morgan fingerprint density at radius 2 is 2.09 bits per heavy atom. The first-order valence-electron chi connectivity index (χ1n) is 7.35. The Morgan fingerprint density at radius 1 is 1.41 bits per heavy atom. The van der Waals surface area contributed by atoms with Gasteiger partial charge in [-0.05, 0) is 45.4 Å². The van der Waals surface area contributed by atoms with Crippen molar-refractivity contribution in [2.45, 2.75) is 52.3 Å². The topological polar surface area (TPSA) is 50.4 Å². The van der Waals surface area contributed by atoms with Gasteiger partial charge in [0.1, 0.15) is 11.4 Å². The maximum atomic E-state index is 13.6. The smallest absolute Gasteiger partial charge is 0.407 e. The van der Waals surface area contributed by atoms with Crippen molar-refractivity contribution in [2.75, 3.05) is 6.54 Å². The zero-order valence-corrected chi connectivity index (χ0v) is 14.3. The molecule has 0 radical (unpaired) electrons. The van der Waals surface area contributed by atoms with Crippen LogP contribution < -0.4 is 10.6 Å². The van der Waals surface area contributed by atoms with E-state index in [0.29, 0.717) is 23.7 Å². The van der Waals surface area contributed by atoms with Gasteiger partial charge in [0.25, 0.3) is 0 Å². The number of halogens is 2. The van der Waals surface area contributed by atoms with Crippen molar-refractivity contribution in [3.63, 3.8) is 0 Å². The first-order chi connectivity index (χ1) is 10.2. The number of benzene rings is 1. The first-order valence-corrected chi connectivity index (χ1v) is 7.73. The van der Waals surface area contributed by atoms with Crippen molar-refractivity contribution in [1.29, 1.82) is 0 Å². The minimum Gasteiger partial charge on any atom is -0.444 e. The van der Waals surface area contributed by atoms with Crippen LogP contribution in [-0.4, -0.2) is 24.3 Å². The molecule has 4 nitrogen and oxygen atoms in total. The molecule has 0 aliphatic heterocycles. The molecule has 6 heteroatoms. The van der Waals surface area contributed by atoms with E-state index in [9.17, 15) is 9.18 Å². The van der Waals surface area contributed by atoms with Crippen LogP contribution in [0.4, 0.5) is 9.18 Å². The van der Waals surface area contributed by atoms with Gasteiger partial charge in [-0.3, -0.25) is 0 Å². The summed E-state index contributed by atoms with van der Waals surface area (Å²) in [5.74, 6) is -0.299. The van der Waals surface area contributed by atoms with Gasteiger partial charge in [-0.15, -0.1) is 0 Å². The summed E-state index contributed by atoms with van der Waals surface area (Å²) in [6.07, 6.45) is 0.333. The average molecular weight is 331 g/mol. The van der Waals surface area contributed by atoms with Crippen LogP contribution in [0.5, 0.6) is 0 Å². The number of carbonyl (C=O) groups is 1. The Bertz CT molecular complexity index is 503. The van der Waals surface area contributed by atoms with Crippen LogP contribution in [-0.2, 0) is 11.3 Å². The normalized spacial score (nSPS) is 12.8. The van der Waals surface area contributed by atoms with Crippen LogP contribution in [0.2, 0.25) is 5.02 Å². The summed E-state index contributed by atoms with van der Waals surface area (Å²) in [5.41, 5.74) is -0.0217. The zero-order chi connectivity index (χ0) is 16.8. The molecule has 0 spiro atoms. The van der Waals surface area contributed by atoms with Gasteiger partial charge in [-0.25, -0.2) is 9.18 Å². The van der Waals surface area contributed by atoms with Gasteiger partial charge >= 0.3 is 6.09 Å². The lowest BCUT2D eigenvalue weighted by Gasteiger charge is -2.22. The summed E-state index contributed by atoms with van der Waals surface area (Å²) >= 11 is 5.86. The quantitative estimate of drug-likeness (QED) is 0.832. The molecule has 0 bridgehead atoms. The van der Waals surface area contributed by atoms with Crippen LogP contribution in [0.1, 0.15) is 39.7 Å². The maximum Gasteiger partial charge on any atom is 0.407 e. The molecule has 1 unspecified atom stereocenters. The van der Waals surface area contributed by atoms with E-state index in [1.54, 1.807) is 6.07 Å². The fourth-order valence-corrected chi connectivity index (χ4v) is 2.01. The fourth-order valence-electron chi connectivity index (χ4n) is 1.81. The number of ether oxygens (including phenoxy) is 1. The predicted molar refractivity (Wildman–Crippen MR) is 86.6 cm³/mol. The molecule has 0 heterocycles. The third-order valence-electron chi connectivity index (χ3n) is 2.97. The van der Waals surface area contributed by atoms with Crippen molar-refractivity contribution in [3.8, 4) is 0 Å². The van der Waals surface area contributed by atoms with Gasteiger partial charge in [0.05, 0.1) is 0 Å². The van der Waals surface area contributed by atoms with Gasteiger partial charge < -0.3 is 15.4 Å². The van der Waals surface area contributed by atoms with Crippen LogP contribution in [0, 0.1) is 5.82 Å². The standard InChI is InChI=1S/C16H24ClFN2O2/c1-5-13(10-20-15(21)22-16(2,3)4)19-9-11-8-12(17)6-7-14(11)18/h6-8,13,19H,5,9-10H2,1-4H3,(H,20,21). The number of alkyl carbamates (subject to hydrolysis) is 1. The Labute approximate surface area is 136 Å². The van der Waals surface area contributed by atoms with E-state index < -0.39 is 11.7 Å². The molecule has 1 atom stereocenters. The van der Waals surface area contributed by atoms with E-state index >= 15 is 0 Å². The first kappa shape index (κ1) is 18.7. The molecule has 1 rings (SSSR count). The molecule has 22 heavy (non-hydrogen) atoms. The summed E-state index contributed by atoms with van der Waals surface area (Å²) in [4.78, 5) is 11.6. The SMILES string of the molecule is CCC(CNC(=O)OC(C)(C)C)NCc1cc(Cl)ccc1F. The lowest BCUT2D eigenvalue weighted by molar-refractivity contribution is 0.0522. The monoisotopic (exact) mass is 330 g/mol. The number of hydrogen-bond donors (Lipinski definition) is 2. The van der Waals surface area contributed by atoms with Crippen molar-refractivity contribution in [3.05, 3.63) is 34.6 Å². The molecule has 1 amide bonds. The van der Waals surface area contributed by atoms with Crippen molar-refractivity contribution in [1.82, 2.24) is 10.6 Å². The number of nitrogens with one attached hydrogen (secondary N) is 2. The molecule has 0 fully saturated rings. The second-order valence-electron chi connectivity index (χ2n) is 6.10. The minimum absolute atomic E-state index is 0.0194. The summed E-state index contributed by atoms with van der Waals surface area (Å²) in [7, 11) is 0. The number of amides is 1. The molecule has 0 saturated carbocycles. The summed E-state index contributed by atoms with van der Waals surface area (Å²) in [6, 6.07) is 4.48. The van der Waals surface area contributed by atoms with E-state index in [1.807, 2.05) is 27.7 Å². The van der Waals surface area contributed by atoms with Gasteiger partial charge in [-0.1, -0.05) is 18.5 Å². The molecule has 1 aromatic rings. The third-order valence-corrected chi connectivity index (χ3v) is 3.21. The lowest BCUT2D eigenvalue weighted by atomic mass is 10.1. The lowest BCUT2D eigenvalue weighted by Crippen LogP contribution is -2.42. The molecular formula is C16H24ClFN2O2. The van der Waals surface area contributed by atoms with Crippen molar-refractivity contribution in [2.24, 2.45) is 0 Å². The Hall–Kier alpha value is -1.33. The maximum absolute atomic E-state index is 13.6. The Balaban J connectivity index is 2.45. The highest BCUT2D eigenvalue weighted by molar-refractivity contribution is 6.30. The van der Waals surface area contributed by atoms with Crippen LogP contribution in [0.3, 0.4) is 0 Å². The molecule has 0 aliphatic carbocycles. The molecule has 124 valence electrons. The summed E-state index contributed by atoms with van der Waals surface area (Å²) in [6.45, 7) is 8.18. The summed E-state index contributed by atoms with van der Waals surface area (Å²) < 4.78 is 18.8. The average Bonchev–Trinajstić information content (AvgIpc) is 2.40. The highest BCUT2D eigenvalue weighted by atomic mass is 35.5. The molecule has 0 aliphatic rings. The molecule has 1 aromatic carbocycles. The summed E-state index contributed by atoms with van der Waals surface area (Å²) in [5, 5.41) is 6.41. The largest absolute Gasteiger partial charge is 0.444 e. The highest BCUT2D eigenvalue weighted by Gasteiger charge is 2.17. The van der Waals surface area contributed by atoms with Crippen LogP contribution in [0.25, 0.3) is 0 Å². The van der Waals surface area contributed by atoms with E-state index in [0.717, 1.165) is 6.42 Å². The molecule has 2 N–H and O–H groups in total. The molecule has 0 saturated heterocycles. The van der Waals surface area contributed by atoms with Crippen molar-refractivity contribution >= 4 is 17.7 Å². The van der Waals surface area contributed by atoms with Crippen LogP contribution in [0.15, 0.2) is 18.2 Å². The molecule has 0 aromatic heterocycles.